The van der Waals surface area contributed by atoms with Crippen molar-refractivity contribution >= 4 is 23.2 Å². The van der Waals surface area contributed by atoms with Crippen LogP contribution in [0.15, 0.2) is 24.3 Å². The Morgan fingerprint density at radius 2 is 2.00 bits per heavy atom. The number of para-hydroxylation sites is 1. The molecule has 1 saturated heterocycles. The fraction of sp³-hybridized carbons (Fsp3) is 0.562. The Balaban J connectivity index is 1.91. The Kier molecular flexibility index (Phi) is 3.33. The summed E-state index contributed by atoms with van der Waals surface area (Å²) in [5, 5.41) is 0.295. The van der Waals surface area contributed by atoms with Gasteiger partial charge < -0.3 is 9.38 Å². The molecule has 3 nitrogen and oxygen atoms in total. The van der Waals surface area contributed by atoms with Crippen LogP contribution in [0.2, 0.25) is 0 Å². The SMILES string of the molecule is CN1c2ccccc2C2C(=O)C(C[N+](C)(C)C)CSC21. The van der Waals surface area contributed by atoms with Crippen molar-refractivity contribution in [2.24, 2.45) is 5.92 Å². The van der Waals surface area contributed by atoms with E-state index in [0.717, 1.165) is 16.8 Å². The van der Waals surface area contributed by atoms with Crippen LogP contribution in [0, 0.1) is 5.92 Å². The number of likely N-dealkylation sites (N-methyl/N-ethyl adjacent to an activating group) is 1. The summed E-state index contributed by atoms with van der Waals surface area (Å²) >= 11 is 1.95. The van der Waals surface area contributed by atoms with Crippen LogP contribution in [-0.4, -0.2) is 56.1 Å². The second-order valence-corrected chi connectivity index (χ2v) is 8.09. The minimum atomic E-state index is 0.0616. The van der Waals surface area contributed by atoms with Gasteiger partial charge in [-0.15, -0.1) is 11.8 Å². The molecule has 2 heterocycles. The molecule has 0 N–H and O–H groups in total. The van der Waals surface area contributed by atoms with Gasteiger partial charge >= 0.3 is 0 Å². The average Bonchev–Trinajstić information content (AvgIpc) is 2.66. The monoisotopic (exact) mass is 291 g/mol. The molecule has 1 aromatic rings. The van der Waals surface area contributed by atoms with Gasteiger partial charge in [-0.3, -0.25) is 4.79 Å². The number of hydrogen-bond acceptors (Lipinski definition) is 3. The van der Waals surface area contributed by atoms with Crippen molar-refractivity contribution in [2.75, 3.05) is 45.4 Å². The maximum absolute atomic E-state index is 12.9. The minimum absolute atomic E-state index is 0.0616. The number of carbonyl (C=O) groups is 1. The molecule has 3 rings (SSSR count). The zero-order chi connectivity index (χ0) is 14.5. The second-order valence-electron chi connectivity index (χ2n) is 6.94. The fourth-order valence-electron chi connectivity index (χ4n) is 3.44. The first kappa shape index (κ1) is 14.0. The third-order valence-electron chi connectivity index (χ3n) is 4.26. The standard InChI is InChI=1S/C16H23N2OS/c1-17-13-8-6-5-7-12(13)14-15(19)11(9-18(2,3)4)10-20-16(14)17/h5-8,11,14,16H,9-10H2,1-4H3/q+1. The van der Waals surface area contributed by atoms with Crippen LogP contribution in [0.3, 0.4) is 0 Å². The number of hydrogen-bond donors (Lipinski definition) is 0. The predicted octanol–water partition coefficient (Wildman–Crippen LogP) is 2.18. The van der Waals surface area contributed by atoms with Gasteiger partial charge in [-0.05, 0) is 11.6 Å². The van der Waals surface area contributed by atoms with Crippen LogP contribution in [-0.2, 0) is 4.79 Å². The number of ketones is 1. The van der Waals surface area contributed by atoms with Gasteiger partial charge in [0, 0.05) is 18.5 Å². The largest absolute Gasteiger partial charge is 0.361 e. The molecule has 3 atom stereocenters. The molecule has 1 aromatic carbocycles. The molecule has 0 amide bonds. The number of Topliss-reactive ketones (excluding diaryl/α,β-unsaturated/α-hetero) is 1. The molecule has 0 aromatic heterocycles. The van der Waals surface area contributed by atoms with Gasteiger partial charge in [0.15, 0.2) is 5.78 Å². The molecular formula is C16H23N2OS+. The topological polar surface area (TPSA) is 20.3 Å². The highest BCUT2D eigenvalue weighted by atomic mass is 32.2. The van der Waals surface area contributed by atoms with E-state index in [1.165, 1.54) is 11.3 Å². The molecule has 2 aliphatic heterocycles. The quantitative estimate of drug-likeness (QED) is 0.779. The van der Waals surface area contributed by atoms with Crippen LogP contribution in [0.25, 0.3) is 0 Å². The maximum Gasteiger partial charge on any atom is 0.152 e. The lowest BCUT2D eigenvalue weighted by atomic mass is 9.88. The molecule has 108 valence electrons. The van der Waals surface area contributed by atoms with E-state index in [9.17, 15) is 4.79 Å². The van der Waals surface area contributed by atoms with Crippen LogP contribution in [0.4, 0.5) is 5.69 Å². The van der Waals surface area contributed by atoms with E-state index >= 15 is 0 Å². The lowest BCUT2D eigenvalue weighted by Gasteiger charge is -2.36. The van der Waals surface area contributed by atoms with Crippen LogP contribution in [0.5, 0.6) is 0 Å². The van der Waals surface area contributed by atoms with Crippen LogP contribution >= 0.6 is 11.8 Å². The zero-order valence-corrected chi connectivity index (χ0v) is 13.5. The number of benzene rings is 1. The first-order chi connectivity index (χ1) is 9.38. The molecular weight excluding hydrogens is 268 g/mol. The van der Waals surface area contributed by atoms with Crippen LogP contribution < -0.4 is 4.90 Å². The highest BCUT2D eigenvalue weighted by Gasteiger charge is 2.48. The summed E-state index contributed by atoms with van der Waals surface area (Å²) in [6.45, 7) is 0.931. The average molecular weight is 291 g/mol. The van der Waals surface area contributed by atoms with Gasteiger partial charge in [0.2, 0.25) is 0 Å². The van der Waals surface area contributed by atoms with Gasteiger partial charge in [-0.25, -0.2) is 0 Å². The van der Waals surface area contributed by atoms with E-state index in [1.54, 1.807) is 0 Å². The number of carbonyl (C=O) groups excluding carboxylic acids is 1. The Bertz CT molecular complexity index is 538. The van der Waals surface area contributed by atoms with Crippen molar-refractivity contribution in [3.63, 3.8) is 0 Å². The molecule has 3 unspecified atom stereocenters. The summed E-state index contributed by atoms with van der Waals surface area (Å²) in [6.07, 6.45) is 0. The van der Waals surface area contributed by atoms with E-state index in [1.807, 2.05) is 11.8 Å². The van der Waals surface area contributed by atoms with Gasteiger partial charge in [-0.2, -0.15) is 0 Å². The molecule has 20 heavy (non-hydrogen) atoms. The summed E-state index contributed by atoms with van der Waals surface area (Å²) < 4.78 is 0.853. The Morgan fingerprint density at radius 3 is 2.70 bits per heavy atom. The third-order valence-corrected chi connectivity index (χ3v) is 5.79. The van der Waals surface area contributed by atoms with Gasteiger partial charge in [-0.1, -0.05) is 18.2 Å². The van der Waals surface area contributed by atoms with Crippen molar-refractivity contribution in [1.29, 1.82) is 0 Å². The van der Waals surface area contributed by atoms with E-state index in [2.05, 4.69) is 57.4 Å². The summed E-state index contributed by atoms with van der Waals surface area (Å²) in [6, 6.07) is 8.38. The number of fused-ring (bicyclic) bond motifs is 3. The Labute approximate surface area is 125 Å². The summed E-state index contributed by atoms with van der Waals surface area (Å²) in [7, 11) is 8.61. The van der Waals surface area contributed by atoms with E-state index < -0.39 is 0 Å². The number of rotatable bonds is 2. The number of quaternary nitrogens is 1. The smallest absolute Gasteiger partial charge is 0.152 e. The highest BCUT2D eigenvalue weighted by Crippen LogP contribution is 2.49. The Morgan fingerprint density at radius 1 is 1.30 bits per heavy atom. The molecule has 4 heteroatoms. The Hall–Kier alpha value is -1.00. The van der Waals surface area contributed by atoms with Crippen molar-refractivity contribution in [2.45, 2.75) is 11.3 Å². The molecule has 0 radical (unpaired) electrons. The molecule has 1 fully saturated rings. The third kappa shape index (κ3) is 2.25. The molecule has 0 bridgehead atoms. The van der Waals surface area contributed by atoms with Gasteiger partial charge in [0.05, 0.1) is 44.9 Å². The van der Waals surface area contributed by atoms with Crippen molar-refractivity contribution in [3.8, 4) is 0 Å². The summed E-state index contributed by atoms with van der Waals surface area (Å²) in [5.74, 6) is 1.64. The minimum Gasteiger partial charge on any atom is -0.361 e. The fourth-order valence-corrected chi connectivity index (χ4v) is 4.95. The lowest BCUT2D eigenvalue weighted by molar-refractivity contribution is -0.872. The van der Waals surface area contributed by atoms with E-state index in [0.29, 0.717) is 11.2 Å². The summed E-state index contributed by atoms with van der Waals surface area (Å²) in [5.41, 5.74) is 2.46. The first-order valence-corrected chi connectivity index (χ1v) is 8.21. The summed E-state index contributed by atoms with van der Waals surface area (Å²) in [4.78, 5) is 15.2. The highest BCUT2D eigenvalue weighted by molar-refractivity contribution is 8.00. The van der Waals surface area contributed by atoms with E-state index in [-0.39, 0.29) is 11.8 Å². The number of nitrogens with zero attached hydrogens (tertiary/aromatic N) is 2. The molecule has 0 aliphatic carbocycles. The molecule has 0 saturated carbocycles. The van der Waals surface area contributed by atoms with Crippen molar-refractivity contribution < 1.29 is 9.28 Å². The zero-order valence-electron chi connectivity index (χ0n) is 12.7. The molecule has 0 spiro atoms. The predicted molar refractivity (Wildman–Crippen MR) is 85.2 cm³/mol. The first-order valence-electron chi connectivity index (χ1n) is 7.16. The second kappa shape index (κ2) is 4.78. The number of thioether (sulfide) groups is 1. The lowest BCUT2D eigenvalue weighted by Crippen LogP contribution is -2.47. The maximum atomic E-state index is 12.9. The molecule has 2 aliphatic rings. The van der Waals surface area contributed by atoms with Gasteiger partial charge in [0.25, 0.3) is 0 Å². The van der Waals surface area contributed by atoms with Gasteiger partial charge in [0.1, 0.15) is 0 Å². The van der Waals surface area contributed by atoms with Crippen LogP contribution in [0.1, 0.15) is 11.5 Å². The number of anilines is 1. The normalized spacial score (nSPS) is 29.3. The van der Waals surface area contributed by atoms with Crippen molar-refractivity contribution in [3.05, 3.63) is 29.8 Å². The van der Waals surface area contributed by atoms with Crippen molar-refractivity contribution in [1.82, 2.24) is 0 Å². The van der Waals surface area contributed by atoms with E-state index in [4.69, 9.17) is 0 Å².